The monoisotopic (exact) mass is 236 g/mol. The first-order chi connectivity index (χ1) is 8.08. The smallest absolute Gasteiger partial charge is 0.227 e. The fourth-order valence-corrected chi connectivity index (χ4v) is 2.43. The molecule has 2 heterocycles. The van der Waals surface area contributed by atoms with E-state index < -0.39 is 0 Å². The van der Waals surface area contributed by atoms with Gasteiger partial charge in [-0.25, -0.2) is 0 Å². The number of piperidine rings is 1. The number of likely N-dealkylation sites (tertiary alicyclic amines) is 1. The lowest BCUT2D eigenvalue weighted by Crippen LogP contribution is -2.40. The van der Waals surface area contributed by atoms with Gasteiger partial charge in [-0.05, 0) is 32.6 Å². The fraction of sp³-hybridized carbons (Fsp3) is 0.692. The summed E-state index contributed by atoms with van der Waals surface area (Å²) in [5, 5.41) is 3.88. The van der Waals surface area contributed by atoms with Gasteiger partial charge in [-0.2, -0.15) is 0 Å². The zero-order chi connectivity index (χ0) is 12.4. The number of hydrogen-bond donors (Lipinski definition) is 0. The van der Waals surface area contributed by atoms with E-state index in [1.807, 2.05) is 18.7 Å². The average Bonchev–Trinajstić information content (AvgIpc) is 2.61. The molecule has 0 saturated carbocycles. The summed E-state index contributed by atoms with van der Waals surface area (Å²) in [6, 6.07) is 0. The Hall–Kier alpha value is -1.32. The molecule has 0 N–H and O–H groups in total. The topological polar surface area (TPSA) is 46.3 Å². The van der Waals surface area contributed by atoms with Crippen LogP contribution in [0.2, 0.25) is 0 Å². The van der Waals surface area contributed by atoms with Gasteiger partial charge < -0.3 is 9.42 Å². The van der Waals surface area contributed by atoms with Gasteiger partial charge in [0.25, 0.3) is 0 Å². The Labute approximate surface area is 102 Å². The number of aryl methyl sites for hydroxylation is 2. The summed E-state index contributed by atoms with van der Waals surface area (Å²) < 4.78 is 5.08. The molecule has 1 unspecified atom stereocenters. The van der Waals surface area contributed by atoms with Crippen LogP contribution in [0.15, 0.2) is 4.52 Å². The molecule has 0 bridgehead atoms. The second-order valence-electron chi connectivity index (χ2n) is 5.07. The number of amides is 1. The molecule has 1 aliphatic rings. The van der Waals surface area contributed by atoms with Crippen LogP contribution in [-0.2, 0) is 11.2 Å². The van der Waals surface area contributed by atoms with Crippen molar-refractivity contribution in [3.8, 4) is 0 Å². The molecule has 4 heteroatoms. The number of carbonyl (C=O) groups excluding carboxylic acids is 1. The first kappa shape index (κ1) is 12.1. The molecule has 1 aliphatic heterocycles. The minimum Gasteiger partial charge on any atom is -0.361 e. The van der Waals surface area contributed by atoms with Crippen LogP contribution in [0.5, 0.6) is 0 Å². The van der Waals surface area contributed by atoms with Gasteiger partial charge in [-0.15, -0.1) is 0 Å². The van der Waals surface area contributed by atoms with Crippen LogP contribution in [0, 0.1) is 19.8 Å². The van der Waals surface area contributed by atoms with E-state index in [1.54, 1.807) is 0 Å². The van der Waals surface area contributed by atoms with Crippen LogP contribution >= 0.6 is 0 Å². The number of carbonyl (C=O) groups is 1. The van der Waals surface area contributed by atoms with Crippen LogP contribution in [0.25, 0.3) is 0 Å². The van der Waals surface area contributed by atoms with Gasteiger partial charge in [-0.1, -0.05) is 12.1 Å². The molecule has 0 radical (unpaired) electrons. The second-order valence-corrected chi connectivity index (χ2v) is 5.07. The zero-order valence-corrected chi connectivity index (χ0v) is 10.8. The molecule has 1 aromatic heterocycles. The molecule has 0 spiro atoms. The Morgan fingerprint density at radius 3 is 2.88 bits per heavy atom. The number of rotatable bonds is 2. The van der Waals surface area contributed by atoms with Crippen LogP contribution in [0.4, 0.5) is 0 Å². The van der Waals surface area contributed by atoms with Gasteiger partial charge in [0, 0.05) is 18.7 Å². The Bertz CT molecular complexity index is 392. The van der Waals surface area contributed by atoms with E-state index in [0.29, 0.717) is 12.3 Å². The molecular formula is C13H20N2O2. The van der Waals surface area contributed by atoms with Gasteiger partial charge in [0.05, 0.1) is 12.1 Å². The molecule has 4 nitrogen and oxygen atoms in total. The molecule has 17 heavy (non-hydrogen) atoms. The van der Waals surface area contributed by atoms with Gasteiger partial charge in [-0.3, -0.25) is 4.79 Å². The summed E-state index contributed by atoms with van der Waals surface area (Å²) >= 11 is 0. The summed E-state index contributed by atoms with van der Waals surface area (Å²) in [5.41, 5.74) is 1.79. The third kappa shape index (κ3) is 2.68. The van der Waals surface area contributed by atoms with Crippen LogP contribution < -0.4 is 0 Å². The maximum absolute atomic E-state index is 12.2. The van der Waals surface area contributed by atoms with Crippen LogP contribution in [0.3, 0.4) is 0 Å². The normalized spacial score (nSPS) is 20.6. The van der Waals surface area contributed by atoms with Crippen molar-refractivity contribution in [1.29, 1.82) is 0 Å². The molecule has 1 atom stereocenters. The highest BCUT2D eigenvalue weighted by Gasteiger charge is 2.23. The molecule has 2 rings (SSSR count). The molecule has 1 saturated heterocycles. The number of nitrogens with zero attached hydrogens (tertiary/aromatic N) is 2. The molecule has 1 amide bonds. The standard InChI is InChI=1S/C13H20N2O2/c1-9-5-4-6-15(8-9)13(16)7-12-10(2)14-17-11(12)3/h9H,4-8H2,1-3H3. The predicted molar refractivity (Wildman–Crippen MR) is 64.7 cm³/mol. The molecule has 94 valence electrons. The van der Waals surface area contributed by atoms with Crippen molar-refractivity contribution < 1.29 is 9.32 Å². The van der Waals surface area contributed by atoms with Crippen molar-refractivity contribution in [3.05, 3.63) is 17.0 Å². The molecule has 0 aromatic carbocycles. The largest absolute Gasteiger partial charge is 0.361 e. The van der Waals surface area contributed by atoms with E-state index >= 15 is 0 Å². The van der Waals surface area contributed by atoms with Crippen LogP contribution in [-0.4, -0.2) is 29.1 Å². The lowest BCUT2D eigenvalue weighted by atomic mass is 9.99. The SMILES string of the molecule is Cc1noc(C)c1CC(=O)N1CCCC(C)C1. The van der Waals surface area contributed by atoms with E-state index in [9.17, 15) is 4.79 Å². The summed E-state index contributed by atoms with van der Waals surface area (Å²) in [6.45, 7) is 7.74. The van der Waals surface area contributed by atoms with Crippen molar-refractivity contribution in [2.75, 3.05) is 13.1 Å². The van der Waals surface area contributed by atoms with E-state index in [-0.39, 0.29) is 5.91 Å². The van der Waals surface area contributed by atoms with E-state index in [0.717, 1.165) is 36.5 Å². The highest BCUT2D eigenvalue weighted by atomic mass is 16.5. The molecule has 1 aromatic rings. The average molecular weight is 236 g/mol. The van der Waals surface area contributed by atoms with Crippen LogP contribution in [0.1, 0.15) is 36.8 Å². The van der Waals surface area contributed by atoms with E-state index in [1.165, 1.54) is 6.42 Å². The minimum atomic E-state index is 0.200. The maximum Gasteiger partial charge on any atom is 0.227 e. The summed E-state index contributed by atoms with van der Waals surface area (Å²) in [6.07, 6.45) is 2.78. The second kappa shape index (κ2) is 4.90. The van der Waals surface area contributed by atoms with E-state index in [4.69, 9.17) is 4.52 Å². The Kier molecular flexibility index (Phi) is 3.50. The lowest BCUT2D eigenvalue weighted by Gasteiger charge is -2.31. The minimum absolute atomic E-state index is 0.200. The maximum atomic E-state index is 12.2. The third-order valence-corrected chi connectivity index (χ3v) is 3.52. The quantitative estimate of drug-likeness (QED) is 0.790. The highest BCUT2D eigenvalue weighted by molar-refractivity contribution is 5.79. The number of aromatic nitrogens is 1. The van der Waals surface area contributed by atoms with Crippen molar-refractivity contribution in [2.24, 2.45) is 5.92 Å². The van der Waals surface area contributed by atoms with Crippen molar-refractivity contribution in [1.82, 2.24) is 10.1 Å². The van der Waals surface area contributed by atoms with Gasteiger partial charge >= 0.3 is 0 Å². The highest BCUT2D eigenvalue weighted by Crippen LogP contribution is 2.18. The predicted octanol–water partition coefficient (Wildman–Crippen LogP) is 2.09. The van der Waals surface area contributed by atoms with Gasteiger partial charge in [0.2, 0.25) is 5.91 Å². The first-order valence-corrected chi connectivity index (χ1v) is 6.27. The zero-order valence-electron chi connectivity index (χ0n) is 10.8. The Morgan fingerprint density at radius 2 is 2.29 bits per heavy atom. The third-order valence-electron chi connectivity index (χ3n) is 3.52. The van der Waals surface area contributed by atoms with Gasteiger partial charge in [0.1, 0.15) is 5.76 Å². The summed E-state index contributed by atoms with van der Waals surface area (Å²) in [5.74, 6) is 1.59. The van der Waals surface area contributed by atoms with Gasteiger partial charge in [0.15, 0.2) is 0 Å². The van der Waals surface area contributed by atoms with Crippen molar-refractivity contribution >= 4 is 5.91 Å². The fourth-order valence-electron chi connectivity index (χ4n) is 2.43. The van der Waals surface area contributed by atoms with Crippen molar-refractivity contribution in [3.63, 3.8) is 0 Å². The first-order valence-electron chi connectivity index (χ1n) is 6.27. The Morgan fingerprint density at radius 1 is 1.53 bits per heavy atom. The van der Waals surface area contributed by atoms with E-state index in [2.05, 4.69) is 12.1 Å². The summed E-state index contributed by atoms with van der Waals surface area (Å²) in [7, 11) is 0. The number of hydrogen-bond acceptors (Lipinski definition) is 3. The van der Waals surface area contributed by atoms with Crippen molar-refractivity contribution in [2.45, 2.75) is 40.0 Å². The Balaban J connectivity index is 2.01. The molecule has 1 fully saturated rings. The summed E-state index contributed by atoms with van der Waals surface area (Å²) in [4.78, 5) is 14.1. The molecular weight excluding hydrogens is 216 g/mol. The lowest BCUT2D eigenvalue weighted by molar-refractivity contribution is -0.132. The molecule has 0 aliphatic carbocycles.